The first-order valence-electron chi connectivity index (χ1n) is 10.9. The number of nitrogens with zero attached hydrogens (tertiary/aromatic N) is 5. The lowest BCUT2D eigenvalue weighted by Gasteiger charge is -2.29. The van der Waals surface area contributed by atoms with E-state index in [1.54, 1.807) is 11.8 Å². The van der Waals surface area contributed by atoms with Crippen molar-refractivity contribution in [2.24, 2.45) is 7.05 Å². The number of ether oxygens (including phenoxy) is 2. The number of aryl methyl sites for hydroxylation is 1. The molecule has 3 aromatic heterocycles. The van der Waals surface area contributed by atoms with E-state index in [2.05, 4.69) is 31.7 Å². The first-order valence-corrected chi connectivity index (χ1v) is 10.9. The number of benzene rings is 1. The van der Waals surface area contributed by atoms with Crippen LogP contribution in [0.2, 0.25) is 0 Å². The van der Waals surface area contributed by atoms with Crippen molar-refractivity contribution in [1.82, 2.24) is 29.9 Å². The third kappa shape index (κ3) is 3.87. The molecule has 10 nitrogen and oxygen atoms in total. The van der Waals surface area contributed by atoms with E-state index in [0.717, 1.165) is 58.9 Å². The maximum Gasteiger partial charge on any atom is 0.228 e. The molecule has 0 spiro atoms. The number of aliphatic hydroxyl groups is 1. The van der Waals surface area contributed by atoms with Crippen molar-refractivity contribution in [3.05, 3.63) is 24.4 Å². The van der Waals surface area contributed by atoms with Crippen LogP contribution < -0.4 is 10.1 Å². The van der Waals surface area contributed by atoms with E-state index in [4.69, 9.17) is 19.6 Å². The van der Waals surface area contributed by atoms with Gasteiger partial charge in [0.15, 0.2) is 0 Å². The van der Waals surface area contributed by atoms with Gasteiger partial charge in [0.2, 0.25) is 11.8 Å². The summed E-state index contributed by atoms with van der Waals surface area (Å²) >= 11 is 0. The third-order valence-electron chi connectivity index (χ3n) is 6.07. The summed E-state index contributed by atoms with van der Waals surface area (Å²) in [6.45, 7) is 0.468. The van der Waals surface area contributed by atoms with Gasteiger partial charge in [-0.3, -0.25) is 0 Å². The number of hydrogen-bond acceptors (Lipinski definition) is 8. The smallest absolute Gasteiger partial charge is 0.228 e. The summed E-state index contributed by atoms with van der Waals surface area (Å²) in [7, 11) is 3.50. The van der Waals surface area contributed by atoms with Crippen molar-refractivity contribution in [3.8, 4) is 17.0 Å². The van der Waals surface area contributed by atoms with Crippen molar-refractivity contribution in [2.45, 2.75) is 37.8 Å². The predicted octanol–water partition coefficient (Wildman–Crippen LogP) is 2.65. The number of fused-ring (bicyclic) bond motifs is 2. The summed E-state index contributed by atoms with van der Waals surface area (Å²) < 4.78 is 13.1. The molecule has 0 radical (unpaired) electrons. The van der Waals surface area contributed by atoms with Crippen molar-refractivity contribution >= 4 is 28.0 Å². The molecule has 1 fully saturated rings. The monoisotopic (exact) mass is 437 g/mol. The lowest BCUT2D eigenvalue weighted by Crippen LogP contribution is -2.30. The molecule has 3 heterocycles. The van der Waals surface area contributed by atoms with Gasteiger partial charge in [0.1, 0.15) is 11.2 Å². The molecular formula is C22H27N7O3. The minimum Gasteiger partial charge on any atom is -0.480 e. The lowest BCUT2D eigenvalue weighted by molar-refractivity contribution is 0.00719. The average molecular weight is 438 g/mol. The highest BCUT2D eigenvalue weighted by Crippen LogP contribution is 2.35. The molecule has 10 heteroatoms. The number of aromatic nitrogens is 6. The van der Waals surface area contributed by atoms with Gasteiger partial charge in [-0.05, 0) is 43.4 Å². The molecule has 3 N–H and O–H groups in total. The van der Waals surface area contributed by atoms with Crippen LogP contribution >= 0.6 is 0 Å². The number of H-pyrrole nitrogens is 1. The molecular weight excluding hydrogens is 410 g/mol. The Balaban J connectivity index is 1.40. The van der Waals surface area contributed by atoms with E-state index >= 15 is 0 Å². The Morgan fingerprint density at radius 2 is 2.06 bits per heavy atom. The van der Waals surface area contributed by atoms with E-state index < -0.39 is 0 Å². The number of hydrogen-bond donors (Lipinski definition) is 3. The summed E-state index contributed by atoms with van der Waals surface area (Å²) in [6.07, 6.45) is 5.99. The highest BCUT2D eigenvalue weighted by atomic mass is 16.5. The second-order valence-corrected chi connectivity index (χ2v) is 8.11. The van der Waals surface area contributed by atoms with Crippen molar-refractivity contribution in [1.29, 1.82) is 0 Å². The van der Waals surface area contributed by atoms with Gasteiger partial charge in [0.05, 0.1) is 37.3 Å². The number of nitrogens with one attached hydrogen (secondary N) is 2. The summed E-state index contributed by atoms with van der Waals surface area (Å²) in [4.78, 5) is 12.6. The standard InChI is InChI=1S/C22H27N7O3/c1-29-18-11-13(3-8-17(18)27-28-29)16-12-23-20-19(16)21(31-2)26-22(25-20)24-14-4-6-15(7-5-14)32-10-9-30/h3,8,11-12,14-15,30H,4-7,9-10H2,1-2H3,(H2,23,24,25,26)/t14-,15-. The van der Waals surface area contributed by atoms with Crippen molar-refractivity contribution in [3.63, 3.8) is 0 Å². The summed E-state index contributed by atoms with van der Waals surface area (Å²) in [5.74, 6) is 1.07. The van der Waals surface area contributed by atoms with Crippen LogP contribution in [-0.4, -0.2) is 67.5 Å². The second kappa shape index (κ2) is 8.71. The number of aliphatic hydroxyl groups excluding tert-OH is 1. The average Bonchev–Trinajstić information content (AvgIpc) is 3.41. The molecule has 4 aromatic rings. The molecule has 1 aliphatic carbocycles. The van der Waals surface area contributed by atoms with E-state index in [0.29, 0.717) is 18.4 Å². The van der Waals surface area contributed by atoms with Crippen molar-refractivity contribution in [2.75, 3.05) is 25.6 Å². The molecule has 168 valence electrons. The maximum absolute atomic E-state index is 8.93. The van der Waals surface area contributed by atoms with E-state index in [1.165, 1.54) is 0 Å². The summed E-state index contributed by atoms with van der Waals surface area (Å²) in [5.41, 5.74) is 4.50. The van der Waals surface area contributed by atoms with Gasteiger partial charge in [-0.25, -0.2) is 4.68 Å². The van der Waals surface area contributed by atoms with Crippen LogP contribution in [0.5, 0.6) is 5.88 Å². The van der Waals surface area contributed by atoms with Gasteiger partial charge in [-0.1, -0.05) is 11.3 Å². The summed E-state index contributed by atoms with van der Waals surface area (Å²) in [6, 6.07) is 6.31. The molecule has 32 heavy (non-hydrogen) atoms. The molecule has 1 saturated carbocycles. The highest BCUT2D eigenvalue weighted by Gasteiger charge is 2.23. The SMILES string of the molecule is COc1nc(N[C@H]2CC[C@H](OCCO)CC2)nc2[nH]cc(-c3ccc4nnn(C)c4c3)c12. The molecule has 0 aliphatic heterocycles. The van der Waals surface area contributed by atoms with Crippen LogP contribution in [0.25, 0.3) is 33.2 Å². The fourth-order valence-corrected chi connectivity index (χ4v) is 4.41. The van der Waals surface area contributed by atoms with Gasteiger partial charge in [-0.15, -0.1) is 5.10 Å². The normalized spacial score (nSPS) is 19.0. The Kier molecular flexibility index (Phi) is 5.62. The number of aromatic amines is 1. The third-order valence-corrected chi connectivity index (χ3v) is 6.07. The van der Waals surface area contributed by atoms with Gasteiger partial charge in [0.25, 0.3) is 0 Å². The van der Waals surface area contributed by atoms with Gasteiger partial charge in [-0.2, -0.15) is 9.97 Å². The molecule has 0 bridgehead atoms. The molecule has 0 saturated heterocycles. The molecule has 1 aliphatic rings. The van der Waals surface area contributed by atoms with Gasteiger partial charge in [0, 0.05) is 24.8 Å². The zero-order chi connectivity index (χ0) is 22.1. The maximum atomic E-state index is 8.93. The van der Waals surface area contributed by atoms with E-state index in [-0.39, 0.29) is 18.8 Å². The second-order valence-electron chi connectivity index (χ2n) is 8.11. The fraction of sp³-hybridized carbons (Fsp3) is 0.455. The first-order chi connectivity index (χ1) is 15.7. The molecule has 5 rings (SSSR count). The Morgan fingerprint density at radius 3 is 2.84 bits per heavy atom. The molecule has 1 aromatic carbocycles. The largest absolute Gasteiger partial charge is 0.480 e. The van der Waals surface area contributed by atoms with E-state index in [1.807, 2.05) is 25.4 Å². The molecule has 0 unspecified atom stereocenters. The quantitative estimate of drug-likeness (QED) is 0.403. The van der Waals surface area contributed by atoms with Crippen LogP contribution in [0, 0.1) is 0 Å². The minimum absolute atomic E-state index is 0.0663. The van der Waals surface area contributed by atoms with Crippen molar-refractivity contribution < 1.29 is 14.6 Å². The topological polar surface area (TPSA) is 123 Å². The lowest BCUT2D eigenvalue weighted by atomic mass is 9.93. The Hall–Kier alpha value is -3.24. The van der Waals surface area contributed by atoms with Crippen LogP contribution in [0.3, 0.4) is 0 Å². The highest BCUT2D eigenvalue weighted by molar-refractivity contribution is 5.99. The Morgan fingerprint density at radius 1 is 1.22 bits per heavy atom. The Labute approximate surface area is 185 Å². The number of rotatable bonds is 7. The summed E-state index contributed by atoms with van der Waals surface area (Å²) in [5, 5.41) is 21.5. The molecule has 0 atom stereocenters. The Bertz CT molecular complexity index is 1230. The minimum atomic E-state index is 0.0663. The van der Waals surface area contributed by atoms with Crippen LogP contribution in [-0.2, 0) is 11.8 Å². The van der Waals surface area contributed by atoms with E-state index in [9.17, 15) is 0 Å². The van der Waals surface area contributed by atoms with Gasteiger partial charge >= 0.3 is 0 Å². The number of methoxy groups -OCH3 is 1. The zero-order valence-corrected chi connectivity index (χ0v) is 18.2. The van der Waals surface area contributed by atoms with Gasteiger partial charge < -0.3 is 24.9 Å². The van der Waals surface area contributed by atoms with Crippen LogP contribution in [0.15, 0.2) is 24.4 Å². The first kappa shape index (κ1) is 20.7. The number of anilines is 1. The fourth-order valence-electron chi connectivity index (χ4n) is 4.41. The predicted molar refractivity (Wildman–Crippen MR) is 121 cm³/mol. The molecule has 0 amide bonds. The van der Waals surface area contributed by atoms with Crippen LogP contribution in [0.1, 0.15) is 25.7 Å². The zero-order valence-electron chi connectivity index (χ0n) is 18.2. The van der Waals surface area contributed by atoms with Crippen LogP contribution in [0.4, 0.5) is 5.95 Å².